The molecule has 3 aromatic rings. The average Bonchev–Trinajstić information content (AvgIpc) is 3.81. The van der Waals surface area contributed by atoms with Crippen molar-refractivity contribution in [1.29, 1.82) is 0 Å². The van der Waals surface area contributed by atoms with Crippen molar-refractivity contribution in [2.45, 2.75) is 140 Å². The van der Waals surface area contributed by atoms with E-state index in [9.17, 15) is 27.9 Å². The van der Waals surface area contributed by atoms with E-state index < -0.39 is 74.5 Å². The summed E-state index contributed by atoms with van der Waals surface area (Å²) < 4.78 is 46.5. The summed E-state index contributed by atoms with van der Waals surface area (Å²) >= 11 is 1.47. The van der Waals surface area contributed by atoms with E-state index in [0.717, 1.165) is 47.5 Å². The van der Waals surface area contributed by atoms with E-state index in [2.05, 4.69) is 27.3 Å². The minimum absolute atomic E-state index is 0.0146. The van der Waals surface area contributed by atoms with Gasteiger partial charge in [-0.1, -0.05) is 26.8 Å². The van der Waals surface area contributed by atoms with Gasteiger partial charge in [0.05, 0.1) is 35.7 Å². The van der Waals surface area contributed by atoms with E-state index in [1.54, 1.807) is 6.08 Å². The number of aliphatic hydroxyl groups is 1. The SMILES string of the molecule is C=CC1C[C@]1(NC(O)[C@@H]1C[C@@H](Oc2cc(-c3csc(NC(C)C)n3)nc3c4c(ccc23)OCC4)CN1C(=O)[C@@H](NC(=O)OC1CCCC1)C(C)(C)C)C(=O)NS(=O)(=O)C1CC1. The minimum Gasteiger partial charge on any atom is -0.493 e. The maximum atomic E-state index is 14.9. The van der Waals surface area contributed by atoms with Crippen molar-refractivity contribution in [2.24, 2.45) is 11.3 Å². The van der Waals surface area contributed by atoms with Gasteiger partial charge in [-0.05, 0) is 76.3 Å². The Hall–Kier alpha value is -4.52. The van der Waals surface area contributed by atoms with Gasteiger partial charge < -0.3 is 34.9 Å². The van der Waals surface area contributed by atoms with Gasteiger partial charge in [-0.25, -0.2) is 23.2 Å². The molecule has 3 saturated carbocycles. The lowest BCUT2D eigenvalue weighted by molar-refractivity contribution is -0.140. The lowest BCUT2D eigenvalue weighted by atomic mass is 9.85. The molecule has 3 aliphatic carbocycles. The van der Waals surface area contributed by atoms with Crippen molar-refractivity contribution in [1.82, 2.24) is 30.2 Å². The molecule has 4 fully saturated rings. The Kier molecular flexibility index (Phi) is 11.8. The third-order valence-electron chi connectivity index (χ3n) is 12.3. The topological polar surface area (TPSA) is 210 Å². The molecular formula is C43H57N7O9S2. The fourth-order valence-corrected chi connectivity index (χ4v) is 11.0. The summed E-state index contributed by atoms with van der Waals surface area (Å²) in [6.45, 7) is 14.0. The predicted molar refractivity (Wildman–Crippen MR) is 231 cm³/mol. The van der Waals surface area contributed by atoms with Crippen LogP contribution in [0.2, 0.25) is 0 Å². The lowest BCUT2D eigenvalue weighted by Crippen LogP contribution is -2.61. The highest BCUT2D eigenvalue weighted by Crippen LogP contribution is 2.46. The molecule has 330 valence electrons. The standard InChI is InChI=1S/C43H57N7O9S2/c1-7-24-20-43(24,39(53)49-61(55,56)27-12-13-27)48-37(51)32-18-26(21-50(32)38(52)36(42(4,5)6)47-41(54)59-25-10-8-9-11-25)58-34-19-30(31-22-60-40(46-31)44-23(2)3)45-35-28(34)14-15-33-29(35)16-17-57-33/h7,14-15,19,22-27,32,36-37,48,51H,1,8-13,16-18,20-21H2,2-6H3,(H,44,46)(H,47,54)(H,49,53)/t24?,26-,32+,36-,37?,43-/m1/s1. The third-order valence-corrected chi connectivity index (χ3v) is 14.9. The Balaban J connectivity index is 1.12. The molecule has 16 nitrogen and oxygen atoms in total. The Morgan fingerprint density at radius 2 is 1.85 bits per heavy atom. The molecule has 4 heterocycles. The van der Waals surface area contributed by atoms with Crippen LogP contribution in [0.15, 0.2) is 36.2 Å². The van der Waals surface area contributed by atoms with Crippen LogP contribution in [0.5, 0.6) is 11.5 Å². The number of fused-ring (bicyclic) bond motifs is 3. The number of benzene rings is 1. The Morgan fingerprint density at radius 1 is 1.10 bits per heavy atom. The number of pyridine rings is 1. The van der Waals surface area contributed by atoms with Crippen molar-refractivity contribution in [3.8, 4) is 22.9 Å². The molecule has 6 atom stereocenters. The second kappa shape index (κ2) is 16.6. The van der Waals surface area contributed by atoms with Crippen LogP contribution in [-0.4, -0.2) is 107 Å². The van der Waals surface area contributed by atoms with Gasteiger partial charge in [0, 0.05) is 47.2 Å². The summed E-state index contributed by atoms with van der Waals surface area (Å²) in [6, 6.07) is 3.79. The second-order valence-corrected chi connectivity index (χ2v) is 21.3. The number of nitrogens with one attached hydrogen (secondary N) is 4. The fraction of sp³-hybridized carbons (Fsp3) is 0.605. The predicted octanol–water partition coefficient (Wildman–Crippen LogP) is 5.01. The largest absolute Gasteiger partial charge is 0.493 e. The van der Waals surface area contributed by atoms with Crippen LogP contribution in [0.3, 0.4) is 0 Å². The highest BCUT2D eigenvalue weighted by atomic mass is 32.2. The zero-order valence-electron chi connectivity index (χ0n) is 35.4. The number of carbonyl (C=O) groups is 3. The van der Waals surface area contributed by atoms with Crippen LogP contribution in [0.4, 0.5) is 9.93 Å². The highest BCUT2D eigenvalue weighted by molar-refractivity contribution is 7.91. The fourth-order valence-electron chi connectivity index (χ4n) is 8.75. The molecule has 2 aliphatic heterocycles. The van der Waals surface area contributed by atoms with E-state index in [1.165, 1.54) is 16.2 Å². The number of aromatic nitrogens is 2. The van der Waals surface area contributed by atoms with Gasteiger partial charge in [-0.2, -0.15) is 0 Å². The Morgan fingerprint density at radius 3 is 2.52 bits per heavy atom. The molecule has 1 aromatic carbocycles. The average molecular weight is 880 g/mol. The molecule has 2 aromatic heterocycles. The first-order valence-corrected chi connectivity index (χ1v) is 23.8. The van der Waals surface area contributed by atoms with Gasteiger partial charge in [-0.3, -0.25) is 19.6 Å². The molecule has 0 bridgehead atoms. The number of sulfonamides is 1. The van der Waals surface area contributed by atoms with Crippen LogP contribution >= 0.6 is 11.3 Å². The molecule has 1 saturated heterocycles. The van der Waals surface area contributed by atoms with E-state index >= 15 is 0 Å². The van der Waals surface area contributed by atoms with Gasteiger partial charge in [0.2, 0.25) is 15.9 Å². The number of carbonyl (C=O) groups excluding carboxylic acids is 3. The highest BCUT2D eigenvalue weighted by Gasteiger charge is 2.61. The molecule has 61 heavy (non-hydrogen) atoms. The van der Waals surface area contributed by atoms with Crippen LogP contribution in [0.1, 0.15) is 91.5 Å². The minimum atomic E-state index is -3.89. The van der Waals surface area contributed by atoms with Crippen molar-refractivity contribution < 1.29 is 42.1 Å². The maximum absolute atomic E-state index is 14.9. The van der Waals surface area contributed by atoms with Crippen molar-refractivity contribution in [3.05, 3.63) is 41.8 Å². The van der Waals surface area contributed by atoms with Gasteiger partial charge in [0.15, 0.2) is 5.13 Å². The Labute approximate surface area is 360 Å². The van der Waals surface area contributed by atoms with Crippen LogP contribution in [0, 0.1) is 11.3 Å². The Bertz CT molecular complexity index is 2300. The number of thiazole rings is 1. The van der Waals surface area contributed by atoms with Crippen LogP contribution in [-0.2, 0) is 30.8 Å². The normalized spacial score (nSPS) is 24.8. The van der Waals surface area contributed by atoms with Gasteiger partial charge in [0.1, 0.15) is 47.2 Å². The number of rotatable bonds is 15. The molecule has 0 radical (unpaired) electrons. The third kappa shape index (κ3) is 9.04. The summed E-state index contributed by atoms with van der Waals surface area (Å²) in [6.07, 6.45) is 3.81. The van der Waals surface area contributed by atoms with Gasteiger partial charge in [0.25, 0.3) is 5.91 Å². The molecule has 5 aliphatic rings. The van der Waals surface area contributed by atoms with Gasteiger partial charge in [-0.15, -0.1) is 17.9 Å². The first kappa shape index (κ1) is 43.1. The first-order valence-electron chi connectivity index (χ1n) is 21.4. The maximum Gasteiger partial charge on any atom is 0.408 e. The summed E-state index contributed by atoms with van der Waals surface area (Å²) in [7, 11) is -3.89. The van der Waals surface area contributed by atoms with E-state index in [4.69, 9.17) is 24.2 Å². The summed E-state index contributed by atoms with van der Waals surface area (Å²) in [5, 5.41) is 24.2. The number of nitrogens with zero attached hydrogens (tertiary/aromatic N) is 3. The summed E-state index contributed by atoms with van der Waals surface area (Å²) in [5.41, 5.74) is 0.669. The number of hydrogen-bond acceptors (Lipinski definition) is 14. The van der Waals surface area contributed by atoms with Crippen LogP contribution < -0.4 is 30.1 Å². The molecule has 2 unspecified atom stereocenters. The number of alkyl carbamates (subject to hydrolysis) is 1. The molecule has 18 heteroatoms. The van der Waals surface area contributed by atoms with Crippen molar-refractivity contribution in [2.75, 3.05) is 18.5 Å². The van der Waals surface area contributed by atoms with Crippen molar-refractivity contribution in [3.63, 3.8) is 0 Å². The molecule has 0 spiro atoms. The van der Waals surface area contributed by atoms with Gasteiger partial charge >= 0.3 is 6.09 Å². The quantitative estimate of drug-likeness (QED) is 0.101. The van der Waals surface area contributed by atoms with E-state index in [0.29, 0.717) is 48.5 Å². The van der Waals surface area contributed by atoms with Crippen molar-refractivity contribution >= 4 is 55.3 Å². The molecular weight excluding hydrogens is 823 g/mol. The molecule has 3 amide bonds. The lowest BCUT2D eigenvalue weighted by Gasteiger charge is -2.37. The van der Waals surface area contributed by atoms with E-state index in [-0.39, 0.29) is 31.5 Å². The summed E-state index contributed by atoms with van der Waals surface area (Å²) in [5.74, 6) is -0.470. The number of anilines is 1. The number of amides is 3. The summed E-state index contributed by atoms with van der Waals surface area (Å²) in [4.78, 5) is 53.3. The van der Waals surface area contributed by atoms with E-state index in [1.807, 2.05) is 58.2 Å². The molecule has 5 N–H and O–H groups in total. The van der Waals surface area contributed by atoms with Crippen LogP contribution in [0.25, 0.3) is 22.3 Å². The number of ether oxygens (including phenoxy) is 3. The first-order chi connectivity index (χ1) is 29.0. The molecule has 8 rings (SSSR count). The number of likely N-dealkylation sites (tertiary alicyclic amines) is 1. The monoisotopic (exact) mass is 879 g/mol. The number of aliphatic hydroxyl groups excluding tert-OH is 1. The zero-order chi connectivity index (χ0) is 43.4. The smallest absolute Gasteiger partial charge is 0.408 e. The second-order valence-electron chi connectivity index (χ2n) is 18.5. The number of hydrogen-bond donors (Lipinski definition) is 5. The zero-order valence-corrected chi connectivity index (χ0v) is 37.0.